The van der Waals surface area contributed by atoms with Crippen molar-refractivity contribution in [3.8, 4) is 17.0 Å². The van der Waals surface area contributed by atoms with Crippen molar-refractivity contribution in [3.63, 3.8) is 0 Å². The van der Waals surface area contributed by atoms with Gasteiger partial charge in [-0.2, -0.15) is 9.78 Å². The number of hydrogen-bond acceptors (Lipinski definition) is 5. The number of carbonyl (C=O) groups is 1. The molecule has 1 aliphatic rings. The normalized spacial score (nSPS) is 12.6. The second-order valence-electron chi connectivity index (χ2n) is 6.77. The minimum absolute atomic E-state index is 0.343. The van der Waals surface area contributed by atoms with Crippen LogP contribution < -0.4 is 4.74 Å². The summed E-state index contributed by atoms with van der Waals surface area (Å²) in [6.45, 7) is 12.2. The molecule has 132 valence electrons. The Hall–Kier alpha value is -2.76. The molecule has 0 fully saturated rings. The Morgan fingerprint density at radius 2 is 2.16 bits per heavy atom. The Morgan fingerprint density at radius 3 is 2.84 bits per heavy atom. The quantitative estimate of drug-likeness (QED) is 0.781. The van der Waals surface area contributed by atoms with Crippen molar-refractivity contribution in [1.82, 2.24) is 9.78 Å². The minimum Gasteiger partial charge on any atom is -0.494 e. The molecule has 0 amide bonds. The number of fused-ring (bicyclic) bond motifs is 3. The molecule has 0 saturated heterocycles. The summed E-state index contributed by atoms with van der Waals surface area (Å²) >= 11 is 0. The second-order valence-corrected chi connectivity index (χ2v) is 6.77. The van der Waals surface area contributed by atoms with Gasteiger partial charge in [0.25, 0.3) is 0 Å². The van der Waals surface area contributed by atoms with Crippen LogP contribution in [0.25, 0.3) is 17.0 Å². The molecular weight excluding hydrogens is 320 g/mol. The molecule has 2 aromatic rings. The summed E-state index contributed by atoms with van der Waals surface area (Å²) < 4.78 is 18.0. The molecule has 0 radical (unpaired) electrons. The maximum Gasteiger partial charge on any atom is 0.435 e. The predicted molar refractivity (Wildman–Crippen MR) is 94.3 cm³/mol. The SMILES string of the molecule is C=C(OCC)c1ccc2c(c1)OCc1cnn(C(=O)OC(C)(C)C)c1-2. The van der Waals surface area contributed by atoms with Gasteiger partial charge in [0.2, 0.25) is 0 Å². The largest absolute Gasteiger partial charge is 0.494 e. The van der Waals surface area contributed by atoms with Gasteiger partial charge >= 0.3 is 6.09 Å². The molecule has 0 N–H and O–H groups in total. The molecule has 0 bridgehead atoms. The topological polar surface area (TPSA) is 62.6 Å². The summed E-state index contributed by atoms with van der Waals surface area (Å²) in [4.78, 5) is 12.5. The van der Waals surface area contributed by atoms with E-state index in [0.717, 1.165) is 16.7 Å². The van der Waals surface area contributed by atoms with Crippen LogP contribution in [0.1, 0.15) is 38.8 Å². The van der Waals surface area contributed by atoms with Gasteiger partial charge in [0.15, 0.2) is 0 Å². The van der Waals surface area contributed by atoms with Crippen LogP contribution in [-0.4, -0.2) is 28.1 Å². The first-order valence-electron chi connectivity index (χ1n) is 8.19. The van der Waals surface area contributed by atoms with Crippen LogP contribution in [0.2, 0.25) is 0 Å². The zero-order valence-electron chi connectivity index (χ0n) is 15.0. The minimum atomic E-state index is -0.594. The van der Waals surface area contributed by atoms with Crippen molar-refractivity contribution in [3.05, 3.63) is 42.1 Å². The second kappa shape index (κ2) is 6.27. The monoisotopic (exact) mass is 342 g/mol. The lowest BCUT2D eigenvalue weighted by Crippen LogP contribution is -2.28. The number of aromatic nitrogens is 2. The third-order valence-corrected chi connectivity index (χ3v) is 3.67. The summed E-state index contributed by atoms with van der Waals surface area (Å²) in [5.41, 5.74) is 2.58. The lowest BCUT2D eigenvalue weighted by molar-refractivity contribution is 0.0517. The maximum atomic E-state index is 12.5. The summed E-state index contributed by atoms with van der Waals surface area (Å²) in [7, 11) is 0. The molecule has 3 rings (SSSR count). The Kier molecular flexibility index (Phi) is 4.29. The highest BCUT2D eigenvalue weighted by atomic mass is 16.6. The Labute approximate surface area is 147 Å². The van der Waals surface area contributed by atoms with Crippen LogP contribution in [0.5, 0.6) is 5.75 Å². The van der Waals surface area contributed by atoms with Crippen molar-refractivity contribution >= 4 is 11.9 Å². The third-order valence-electron chi connectivity index (χ3n) is 3.67. The fourth-order valence-electron chi connectivity index (χ4n) is 2.64. The van der Waals surface area contributed by atoms with Gasteiger partial charge in [-0.15, -0.1) is 0 Å². The molecule has 6 nitrogen and oxygen atoms in total. The highest BCUT2D eigenvalue weighted by Gasteiger charge is 2.28. The molecule has 6 heteroatoms. The zero-order valence-corrected chi connectivity index (χ0v) is 15.0. The van der Waals surface area contributed by atoms with E-state index in [9.17, 15) is 4.79 Å². The first-order chi connectivity index (χ1) is 11.8. The Bertz CT molecular complexity index is 830. The first-order valence-corrected chi connectivity index (χ1v) is 8.19. The van der Waals surface area contributed by atoms with E-state index in [2.05, 4.69) is 11.7 Å². The lowest BCUT2D eigenvalue weighted by Gasteiger charge is -2.22. The lowest BCUT2D eigenvalue weighted by atomic mass is 10.0. The van der Waals surface area contributed by atoms with E-state index < -0.39 is 11.7 Å². The third kappa shape index (κ3) is 3.38. The van der Waals surface area contributed by atoms with Crippen LogP contribution in [0.3, 0.4) is 0 Å². The standard InChI is InChI=1S/C19H22N2O4/c1-6-23-12(2)13-7-8-15-16(9-13)24-11-14-10-20-21(17(14)15)18(22)25-19(3,4)5/h7-10H,2,6,11H2,1,3-5H3. The number of hydrogen-bond donors (Lipinski definition) is 0. The number of carbonyl (C=O) groups excluding carboxylic acids is 1. The van der Waals surface area contributed by atoms with E-state index >= 15 is 0 Å². The van der Waals surface area contributed by atoms with Gasteiger partial charge in [0, 0.05) is 16.7 Å². The van der Waals surface area contributed by atoms with Gasteiger partial charge in [0.05, 0.1) is 18.5 Å². The molecule has 0 spiro atoms. The van der Waals surface area contributed by atoms with Gasteiger partial charge in [-0.1, -0.05) is 12.6 Å². The van der Waals surface area contributed by atoms with Gasteiger partial charge in [-0.25, -0.2) is 4.79 Å². The van der Waals surface area contributed by atoms with E-state index in [1.807, 2.05) is 45.9 Å². The van der Waals surface area contributed by atoms with Gasteiger partial charge in [-0.05, 0) is 39.8 Å². The fourth-order valence-corrected chi connectivity index (χ4v) is 2.64. The molecule has 1 aromatic carbocycles. The predicted octanol–water partition coefficient (Wildman–Crippen LogP) is 4.23. The fraction of sp³-hybridized carbons (Fsp3) is 0.368. The number of benzene rings is 1. The molecular formula is C19H22N2O4. The zero-order chi connectivity index (χ0) is 18.2. The number of nitrogens with zero attached hydrogens (tertiary/aromatic N) is 2. The molecule has 0 aliphatic carbocycles. The van der Waals surface area contributed by atoms with E-state index in [1.54, 1.807) is 6.20 Å². The molecule has 0 saturated carbocycles. The summed E-state index contributed by atoms with van der Waals surface area (Å²) in [5.74, 6) is 1.25. The highest BCUT2D eigenvalue weighted by Crippen LogP contribution is 2.39. The van der Waals surface area contributed by atoms with Crippen molar-refractivity contribution in [2.45, 2.75) is 39.9 Å². The Balaban J connectivity index is 1.99. The van der Waals surface area contributed by atoms with Crippen LogP contribution in [-0.2, 0) is 16.1 Å². The van der Waals surface area contributed by atoms with Gasteiger partial charge in [0.1, 0.15) is 23.7 Å². The molecule has 2 heterocycles. The molecule has 0 atom stereocenters. The summed E-state index contributed by atoms with van der Waals surface area (Å²) in [5, 5.41) is 4.19. The van der Waals surface area contributed by atoms with Gasteiger partial charge < -0.3 is 14.2 Å². The van der Waals surface area contributed by atoms with Crippen LogP contribution in [0, 0.1) is 0 Å². The molecule has 1 aromatic heterocycles. The Morgan fingerprint density at radius 1 is 1.40 bits per heavy atom. The van der Waals surface area contributed by atoms with Gasteiger partial charge in [-0.3, -0.25) is 0 Å². The number of rotatable bonds is 3. The van der Waals surface area contributed by atoms with Crippen molar-refractivity contribution < 1.29 is 19.0 Å². The van der Waals surface area contributed by atoms with E-state index in [1.165, 1.54) is 4.68 Å². The molecule has 25 heavy (non-hydrogen) atoms. The number of ether oxygens (including phenoxy) is 3. The van der Waals surface area contributed by atoms with Crippen molar-refractivity contribution in [2.24, 2.45) is 0 Å². The van der Waals surface area contributed by atoms with E-state index in [4.69, 9.17) is 14.2 Å². The van der Waals surface area contributed by atoms with Crippen LogP contribution in [0.4, 0.5) is 4.79 Å². The van der Waals surface area contributed by atoms with Crippen LogP contribution in [0.15, 0.2) is 31.0 Å². The average molecular weight is 342 g/mol. The highest BCUT2D eigenvalue weighted by molar-refractivity contribution is 5.83. The first kappa shape index (κ1) is 17.1. The maximum absolute atomic E-state index is 12.5. The summed E-state index contributed by atoms with van der Waals surface area (Å²) in [6, 6.07) is 5.64. The van der Waals surface area contributed by atoms with Crippen LogP contribution >= 0.6 is 0 Å². The molecule has 1 aliphatic heterocycles. The van der Waals surface area contributed by atoms with Crippen molar-refractivity contribution in [2.75, 3.05) is 6.61 Å². The van der Waals surface area contributed by atoms with E-state index in [-0.39, 0.29) is 0 Å². The van der Waals surface area contributed by atoms with Crippen molar-refractivity contribution in [1.29, 1.82) is 0 Å². The molecule has 0 unspecified atom stereocenters. The summed E-state index contributed by atoms with van der Waals surface area (Å²) in [6.07, 6.45) is 1.12. The average Bonchev–Trinajstić information content (AvgIpc) is 2.97. The van der Waals surface area contributed by atoms with E-state index in [0.29, 0.717) is 30.4 Å². The smallest absolute Gasteiger partial charge is 0.435 e.